The molecule has 0 aliphatic heterocycles. The van der Waals surface area contributed by atoms with Crippen LogP contribution in [0.4, 0.5) is 0 Å². The molecule has 0 bridgehead atoms. The summed E-state index contributed by atoms with van der Waals surface area (Å²) in [5.74, 6) is 0. The number of nitrogens with one attached hydrogen (secondary N) is 1. The Morgan fingerprint density at radius 1 is 1.32 bits per heavy atom. The van der Waals surface area contributed by atoms with E-state index in [4.69, 9.17) is 5.26 Å². The van der Waals surface area contributed by atoms with Crippen molar-refractivity contribution in [1.29, 1.82) is 5.26 Å². The van der Waals surface area contributed by atoms with Crippen LogP contribution >= 0.6 is 0 Å². The molecule has 19 heavy (non-hydrogen) atoms. The molecule has 0 aliphatic rings. The molecule has 0 aliphatic carbocycles. The van der Waals surface area contributed by atoms with Crippen LogP contribution in [-0.2, 0) is 6.54 Å². The minimum absolute atomic E-state index is 0.203. The maximum Gasteiger partial charge on any atom is 0.0991 e. The Hall–Kier alpha value is -2.18. The Morgan fingerprint density at radius 3 is 2.84 bits per heavy atom. The highest BCUT2D eigenvalue weighted by Gasteiger charge is 2.05. The summed E-state index contributed by atoms with van der Waals surface area (Å²) in [5.41, 5.74) is 4.01. The Kier molecular flexibility index (Phi) is 4.27. The first-order chi connectivity index (χ1) is 9.19. The molecule has 2 aromatic rings. The molecule has 1 aromatic carbocycles. The summed E-state index contributed by atoms with van der Waals surface area (Å²) in [6.07, 6.45) is 1.89. The Balaban J connectivity index is 1.99. The molecule has 1 aromatic heterocycles. The number of rotatable bonds is 4. The van der Waals surface area contributed by atoms with Crippen molar-refractivity contribution in [3.8, 4) is 6.07 Å². The first-order valence-corrected chi connectivity index (χ1v) is 6.34. The topological polar surface area (TPSA) is 48.7 Å². The highest BCUT2D eigenvalue weighted by atomic mass is 14.9. The zero-order chi connectivity index (χ0) is 13.7. The van der Waals surface area contributed by atoms with Crippen LogP contribution in [-0.4, -0.2) is 4.98 Å². The number of hydrogen-bond donors (Lipinski definition) is 1. The fourth-order valence-electron chi connectivity index (χ4n) is 1.87. The summed E-state index contributed by atoms with van der Waals surface area (Å²) in [5, 5.41) is 12.3. The summed E-state index contributed by atoms with van der Waals surface area (Å²) in [7, 11) is 0. The molecule has 0 radical (unpaired) electrons. The Labute approximate surface area is 113 Å². The van der Waals surface area contributed by atoms with Crippen LogP contribution < -0.4 is 5.32 Å². The molecule has 0 saturated heterocycles. The van der Waals surface area contributed by atoms with E-state index in [1.165, 1.54) is 0 Å². The van der Waals surface area contributed by atoms with Crippen molar-refractivity contribution in [2.24, 2.45) is 0 Å². The average Bonchev–Trinajstić information content (AvgIpc) is 2.46. The highest BCUT2D eigenvalue weighted by Crippen LogP contribution is 2.14. The second kappa shape index (κ2) is 6.12. The molecule has 1 heterocycles. The Bertz CT molecular complexity index is 582. The van der Waals surface area contributed by atoms with Crippen LogP contribution in [0, 0.1) is 18.3 Å². The summed E-state index contributed by atoms with van der Waals surface area (Å²) >= 11 is 0. The van der Waals surface area contributed by atoms with Crippen molar-refractivity contribution < 1.29 is 0 Å². The molecule has 3 heteroatoms. The van der Waals surface area contributed by atoms with Gasteiger partial charge in [0.1, 0.15) is 0 Å². The van der Waals surface area contributed by atoms with Gasteiger partial charge in [0.15, 0.2) is 0 Å². The number of aromatic nitrogens is 1. The lowest BCUT2D eigenvalue weighted by Crippen LogP contribution is -2.18. The minimum atomic E-state index is 0.203. The average molecular weight is 251 g/mol. The molecule has 96 valence electrons. The third-order valence-electron chi connectivity index (χ3n) is 3.10. The largest absolute Gasteiger partial charge is 0.306 e. The van der Waals surface area contributed by atoms with Gasteiger partial charge in [-0.05, 0) is 43.2 Å². The van der Waals surface area contributed by atoms with Crippen LogP contribution in [0.3, 0.4) is 0 Å². The van der Waals surface area contributed by atoms with Crippen LogP contribution in [0.1, 0.15) is 35.3 Å². The van der Waals surface area contributed by atoms with E-state index in [2.05, 4.69) is 29.4 Å². The standard InChI is InChI=1S/C16H17N3/c1-12-6-7-15(10-18-12)11-19-13(2)16-5-3-4-14(8-16)9-17/h3-8,10,13,19H,11H2,1-2H3. The molecular formula is C16H17N3. The van der Waals surface area contributed by atoms with Gasteiger partial charge in [-0.2, -0.15) is 5.26 Å². The predicted octanol–water partition coefficient (Wildman–Crippen LogP) is 3.11. The minimum Gasteiger partial charge on any atom is -0.306 e. The third kappa shape index (κ3) is 3.64. The van der Waals surface area contributed by atoms with Gasteiger partial charge in [-0.1, -0.05) is 18.2 Å². The smallest absolute Gasteiger partial charge is 0.0991 e. The first kappa shape index (κ1) is 13.3. The van der Waals surface area contributed by atoms with E-state index in [1.807, 2.05) is 43.5 Å². The van der Waals surface area contributed by atoms with Gasteiger partial charge in [0.2, 0.25) is 0 Å². The third-order valence-corrected chi connectivity index (χ3v) is 3.10. The van der Waals surface area contributed by atoms with E-state index in [0.717, 1.165) is 23.4 Å². The summed E-state index contributed by atoms with van der Waals surface area (Å²) in [6.45, 7) is 4.84. The number of benzene rings is 1. The van der Waals surface area contributed by atoms with E-state index >= 15 is 0 Å². The number of aryl methyl sites for hydroxylation is 1. The second-order valence-corrected chi connectivity index (χ2v) is 4.65. The number of hydrogen-bond acceptors (Lipinski definition) is 3. The van der Waals surface area contributed by atoms with Gasteiger partial charge in [-0.25, -0.2) is 0 Å². The van der Waals surface area contributed by atoms with Crippen molar-refractivity contribution in [1.82, 2.24) is 10.3 Å². The van der Waals surface area contributed by atoms with E-state index < -0.39 is 0 Å². The van der Waals surface area contributed by atoms with Crippen molar-refractivity contribution in [3.05, 3.63) is 65.0 Å². The maximum absolute atomic E-state index is 8.90. The lowest BCUT2D eigenvalue weighted by Gasteiger charge is -2.14. The van der Waals surface area contributed by atoms with Gasteiger partial charge < -0.3 is 5.32 Å². The van der Waals surface area contributed by atoms with Crippen LogP contribution in [0.5, 0.6) is 0 Å². The Morgan fingerprint density at radius 2 is 2.16 bits per heavy atom. The summed E-state index contributed by atoms with van der Waals surface area (Å²) in [6, 6.07) is 14.1. The molecule has 0 saturated carbocycles. The first-order valence-electron chi connectivity index (χ1n) is 6.34. The lowest BCUT2D eigenvalue weighted by atomic mass is 10.1. The molecule has 1 N–H and O–H groups in total. The van der Waals surface area contributed by atoms with Gasteiger partial charge in [-0.3, -0.25) is 4.98 Å². The maximum atomic E-state index is 8.90. The highest BCUT2D eigenvalue weighted by molar-refractivity contribution is 5.34. The van der Waals surface area contributed by atoms with Gasteiger partial charge >= 0.3 is 0 Å². The molecule has 3 nitrogen and oxygen atoms in total. The van der Waals surface area contributed by atoms with Gasteiger partial charge in [0.05, 0.1) is 11.6 Å². The predicted molar refractivity (Wildman–Crippen MR) is 75.4 cm³/mol. The van der Waals surface area contributed by atoms with E-state index in [1.54, 1.807) is 0 Å². The van der Waals surface area contributed by atoms with E-state index in [-0.39, 0.29) is 6.04 Å². The molecule has 2 rings (SSSR count). The molecule has 0 fully saturated rings. The monoisotopic (exact) mass is 251 g/mol. The number of nitriles is 1. The van der Waals surface area contributed by atoms with Gasteiger partial charge in [-0.15, -0.1) is 0 Å². The lowest BCUT2D eigenvalue weighted by molar-refractivity contribution is 0.573. The zero-order valence-electron chi connectivity index (χ0n) is 11.2. The van der Waals surface area contributed by atoms with Crippen molar-refractivity contribution >= 4 is 0 Å². The van der Waals surface area contributed by atoms with Crippen molar-refractivity contribution in [3.63, 3.8) is 0 Å². The fourth-order valence-corrected chi connectivity index (χ4v) is 1.87. The molecule has 0 amide bonds. The number of pyridine rings is 1. The molecular weight excluding hydrogens is 234 g/mol. The van der Waals surface area contributed by atoms with Gasteiger partial charge in [0.25, 0.3) is 0 Å². The second-order valence-electron chi connectivity index (χ2n) is 4.65. The molecule has 0 spiro atoms. The van der Waals surface area contributed by atoms with Crippen LogP contribution in [0.25, 0.3) is 0 Å². The molecule has 1 unspecified atom stereocenters. The summed E-state index contributed by atoms with van der Waals surface area (Å²) in [4.78, 5) is 4.27. The van der Waals surface area contributed by atoms with Crippen LogP contribution in [0.2, 0.25) is 0 Å². The van der Waals surface area contributed by atoms with E-state index in [9.17, 15) is 0 Å². The normalized spacial score (nSPS) is 11.8. The fraction of sp³-hybridized carbons (Fsp3) is 0.250. The van der Waals surface area contributed by atoms with E-state index in [0.29, 0.717) is 5.56 Å². The van der Waals surface area contributed by atoms with Crippen molar-refractivity contribution in [2.75, 3.05) is 0 Å². The molecule has 1 atom stereocenters. The zero-order valence-corrected chi connectivity index (χ0v) is 11.2. The summed E-state index contributed by atoms with van der Waals surface area (Å²) < 4.78 is 0. The quantitative estimate of drug-likeness (QED) is 0.908. The van der Waals surface area contributed by atoms with Crippen molar-refractivity contribution in [2.45, 2.75) is 26.4 Å². The number of nitrogens with zero attached hydrogens (tertiary/aromatic N) is 2. The SMILES string of the molecule is Cc1ccc(CNC(C)c2cccc(C#N)c2)cn1. The van der Waals surface area contributed by atoms with Gasteiger partial charge in [0, 0.05) is 24.5 Å². The van der Waals surface area contributed by atoms with Crippen LogP contribution in [0.15, 0.2) is 42.6 Å².